The smallest absolute Gasteiger partial charge is 0.0628 e. The third kappa shape index (κ3) is 0.924. The van der Waals surface area contributed by atoms with Gasteiger partial charge in [0.2, 0.25) is 0 Å². The molecule has 2 aliphatic rings. The van der Waals surface area contributed by atoms with Crippen LogP contribution in [0.2, 0.25) is 0 Å². The van der Waals surface area contributed by atoms with Crippen molar-refractivity contribution in [2.75, 3.05) is 0 Å². The molecule has 2 heterocycles. The Bertz CT molecular complexity index is 140. The fourth-order valence-electron chi connectivity index (χ4n) is 1.32. The van der Waals surface area contributed by atoms with E-state index in [1.165, 1.54) is 6.04 Å². The molecule has 2 bridgehead atoms. The molecule has 0 amide bonds. The van der Waals surface area contributed by atoms with Crippen LogP contribution in [0.5, 0.6) is 0 Å². The van der Waals surface area contributed by atoms with Gasteiger partial charge in [-0.1, -0.05) is 24.3 Å². The molecule has 0 aromatic heterocycles. The third-order valence-electron chi connectivity index (χ3n) is 1.79. The Balaban J connectivity index is 2.20. The van der Waals surface area contributed by atoms with Crippen molar-refractivity contribution < 1.29 is 0 Å². The lowest BCUT2D eigenvalue weighted by molar-refractivity contribution is 0.577. The quantitative estimate of drug-likeness (QED) is 0.476. The molecule has 1 heteroatoms. The maximum absolute atomic E-state index is 3.40. The van der Waals surface area contributed by atoms with Crippen molar-refractivity contribution in [2.45, 2.75) is 18.9 Å². The predicted octanol–water partition coefficient (Wildman–Crippen LogP) is 1.40. The minimum absolute atomic E-state index is 0.596. The molecule has 2 aliphatic heterocycles. The van der Waals surface area contributed by atoms with Crippen LogP contribution in [-0.4, -0.2) is 6.04 Å². The van der Waals surface area contributed by atoms with Crippen molar-refractivity contribution >= 4 is 0 Å². The van der Waals surface area contributed by atoms with Gasteiger partial charge in [0.25, 0.3) is 0 Å². The molecule has 1 radical (unpaired) electrons. The standard InChI is InChI=1S/C8H10N/c1-3-7-5-2-6-8(4-1)9-7/h1-3,6-7,9H,4-5H2. The summed E-state index contributed by atoms with van der Waals surface area (Å²) in [6, 6.07) is 1.97. The molecular weight excluding hydrogens is 110 g/mol. The van der Waals surface area contributed by atoms with Crippen LogP contribution in [0.3, 0.4) is 0 Å². The number of hydrogen-bond acceptors (Lipinski definition) is 1. The normalized spacial score (nSPS) is 33.1. The number of hydrogen-bond donors (Lipinski definition) is 1. The topological polar surface area (TPSA) is 12.0 Å². The first-order chi connectivity index (χ1) is 4.45. The van der Waals surface area contributed by atoms with Gasteiger partial charge in [0, 0.05) is 6.04 Å². The molecule has 1 N–H and O–H groups in total. The fourth-order valence-corrected chi connectivity index (χ4v) is 1.32. The molecule has 0 aromatic rings. The van der Waals surface area contributed by atoms with Crippen molar-refractivity contribution in [1.29, 1.82) is 0 Å². The molecule has 1 nitrogen and oxygen atoms in total. The van der Waals surface area contributed by atoms with Gasteiger partial charge in [-0.15, -0.1) is 0 Å². The minimum atomic E-state index is 0.596. The Morgan fingerprint density at radius 2 is 2.44 bits per heavy atom. The average Bonchev–Trinajstić information content (AvgIpc) is 1.88. The molecule has 0 aromatic carbocycles. The van der Waals surface area contributed by atoms with E-state index in [0.717, 1.165) is 12.8 Å². The van der Waals surface area contributed by atoms with E-state index in [9.17, 15) is 0 Å². The van der Waals surface area contributed by atoms with Crippen LogP contribution in [0.25, 0.3) is 0 Å². The van der Waals surface area contributed by atoms with Gasteiger partial charge in [-0.05, 0) is 12.8 Å². The highest BCUT2D eigenvalue weighted by atomic mass is 15.0. The summed E-state index contributed by atoms with van der Waals surface area (Å²) in [5.41, 5.74) is 0. The lowest BCUT2D eigenvalue weighted by Crippen LogP contribution is -2.34. The third-order valence-corrected chi connectivity index (χ3v) is 1.79. The second-order valence-corrected chi connectivity index (χ2v) is 2.55. The summed E-state index contributed by atoms with van der Waals surface area (Å²) < 4.78 is 0. The Morgan fingerprint density at radius 3 is 3.22 bits per heavy atom. The second-order valence-electron chi connectivity index (χ2n) is 2.55. The van der Waals surface area contributed by atoms with Crippen LogP contribution < -0.4 is 5.32 Å². The molecule has 0 fully saturated rings. The van der Waals surface area contributed by atoms with E-state index in [1.807, 2.05) is 0 Å². The van der Waals surface area contributed by atoms with E-state index in [-0.39, 0.29) is 0 Å². The Morgan fingerprint density at radius 1 is 1.44 bits per heavy atom. The van der Waals surface area contributed by atoms with Gasteiger partial charge in [-0.25, -0.2) is 0 Å². The summed E-state index contributed by atoms with van der Waals surface area (Å²) in [4.78, 5) is 0. The first-order valence-corrected chi connectivity index (χ1v) is 3.41. The van der Waals surface area contributed by atoms with E-state index in [4.69, 9.17) is 0 Å². The Kier molecular flexibility index (Phi) is 1.16. The van der Waals surface area contributed by atoms with E-state index in [2.05, 4.69) is 29.6 Å². The number of fused-ring (bicyclic) bond motifs is 2. The monoisotopic (exact) mass is 120 g/mol. The highest BCUT2D eigenvalue weighted by molar-refractivity contribution is 5.23. The van der Waals surface area contributed by atoms with Gasteiger partial charge in [0.05, 0.1) is 6.04 Å². The molecule has 0 saturated carbocycles. The zero-order valence-electron chi connectivity index (χ0n) is 5.30. The van der Waals surface area contributed by atoms with Gasteiger partial charge in [-0.3, -0.25) is 5.32 Å². The van der Waals surface area contributed by atoms with Gasteiger partial charge in [0.15, 0.2) is 0 Å². The zero-order valence-corrected chi connectivity index (χ0v) is 5.30. The largest absolute Gasteiger partial charge is 0.299 e. The highest BCUT2D eigenvalue weighted by Crippen LogP contribution is 2.19. The van der Waals surface area contributed by atoms with Crippen molar-refractivity contribution in [3.05, 3.63) is 30.3 Å². The van der Waals surface area contributed by atoms with Crippen molar-refractivity contribution in [2.24, 2.45) is 0 Å². The second kappa shape index (κ2) is 1.99. The van der Waals surface area contributed by atoms with Crippen LogP contribution in [0, 0.1) is 6.04 Å². The molecule has 9 heavy (non-hydrogen) atoms. The lowest BCUT2D eigenvalue weighted by Gasteiger charge is -2.26. The molecule has 1 atom stereocenters. The van der Waals surface area contributed by atoms with Gasteiger partial charge in [-0.2, -0.15) is 0 Å². The first kappa shape index (κ1) is 5.24. The van der Waals surface area contributed by atoms with Gasteiger partial charge >= 0.3 is 0 Å². The van der Waals surface area contributed by atoms with Crippen LogP contribution in [0.15, 0.2) is 24.3 Å². The lowest BCUT2D eigenvalue weighted by atomic mass is 9.98. The van der Waals surface area contributed by atoms with Crippen LogP contribution >= 0.6 is 0 Å². The molecule has 47 valence electrons. The van der Waals surface area contributed by atoms with E-state index >= 15 is 0 Å². The summed E-state index contributed by atoms with van der Waals surface area (Å²) in [5.74, 6) is 0. The van der Waals surface area contributed by atoms with Crippen LogP contribution in [-0.2, 0) is 0 Å². The van der Waals surface area contributed by atoms with Crippen LogP contribution in [0.1, 0.15) is 12.8 Å². The molecule has 0 saturated heterocycles. The van der Waals surface area contributed by atoms with Gasteiger partial charge < -0.3 is 0 Å². The highest BCUT2D eigenvalue weighted by Gasteiger charge is 2.16. The predicted molar refractivity (Wildman–Crippen MR) is 37.7 cm³/mol. The number of nitrogens with one attached hydrogen (secondary N) is 1. The summed E-state index contributed by atoms with van der Waals surface area (Å²) in [6.07, 6.45) is 11.1. The minimum Gasteiger partial charge on any atom is -0.299 e. The van der Waals surface area contributed by atoms with E-state index in [1.54, 1.807) is 0 Å². The maximum Gasteiger partial charge on any atom is 0.0628 e. The Labute approximate surface area is 55.5 Å². The SMILES string of the molecule is C1=CC2CC=C[C](C1)N2. The fraction of sp³-hybridized carbons (Fsp3) is 0.375. The summed E-state index contributed by atoms with van der Waals surface area (Å²) in [6.45, 7) is 0. The Hall–Kier alpha value is -0.560. The van der Waals surface area contributed by atoms with Gasteiger partial charge in [0.1, 0.15) is 0 Å². The van der Waals surface area contributed by atoms with Crippen molar-refractivity contribution in [3.8, 4) is 0 Å². The zero-order chi connectivity index (χ0) is 6.10. The average molecular weight is 120 g/mol. The molecule has 2 rings (SSSR count). The van der Waals surface area contributed by atoms with Crippen molar-refractivity contribution in [3.63, 3.8) is 0 Å². The summed E-state index contributed by atoms with van der Waals surface area (Å²) >= 11 is 0. The molecule has 1 unspecified atom stereocenters. The maximum atomic E-state index is 3.40. The van der Waals surface area contributed by atoms with Crippen LogP contribution in [0.4, 0.5) is 0 Å². The number of rotatable bonds is 0. The first-order valence-electron chi connectivity index (χ1n) is 3.41. The summed E-state index contributed by atoms with van der Waals surface area (Å²) in [5, 5.41) is 3.40. The van der Waals surface area contributed by atoms with Crippen molar-refractivity contribution in [1.82, 2.24) is 5.32 Å². The van der Waals surface area contributed by atoms with E-state index < -0.39 is 0 Å². The molecular formula is C8H10N. The summed E-state index contributed by atoms with van der Waals surface area (Å²) in [7, 11) is 0. The van der Waals surface area contributed by atoms with E-state index in [0.29, 0.717) is 6.04 Å². The molecule has 0 spiro atoms. The molecule has 0 aliphatic carbocycles.